The summed E-state index contributed by atoms with van der Waals surface area (Å²) in [6.45, 7) is 3.72. The number of rotatable bonds is 7. The first-order valence-corrected chi connectivity index (χ1v) is 9.63. The van der Waals surface area contributed by atoms with Crippen LogP contribution < -0.4 is 16.4 Å². The Labute approximate surface area is 171 Å². The van der Waals surface area contributed by atoms with Crippen LogP contribution in [0.15, 0.2) is 40.8 Å². The molecular formula is C20H20N4O4S. The van der Waals surface area contributed by atoms with Crippen LogP contribution >= 0.6 is 11.3 Å². The number of amides is 3. The zero-order valence-electron chi connectivity index (χ0n) is 15.9. The number of hydrogen-bond donors (Lipinski definition) is 3. The quantitative estimate of drug-likeness (QED) is 0.548. The third kappa shape index (κ3) is 5.08. The minimum absolute atomic E-state index is 0.218. The van der Waals surface area contributed by atoms with E-state index >= 15 is 0 Å². The highest BCUT2D eigenvalue weighted by molar-refractivity contribution is 7.17. The van der Waals surface area contributed by atoms with Crippen LogP contribution in [0.2, 0.25) is 0 Å². The topological polar surface area (TPSA) is 127 Å². The number of hydrogen-bond acceptors (Lipinski definition) is 6. The molecule has 2 aromatic heterocycles. The summed E-state index contributed by atoms with van der Waals surface area (Å²) in [5.74, 6) is 0.199. The van der Waals surface area contributed by atoms with E-state index in [1.807, 2.05) is 19.1 Å². The largest absolute Gasteiger partial charge is 0.459 e. The van der Waals surface area contributed by atoms with Crippen LogP contribution in [0.4, 0.5) is 0 Å². The summed E-state index contributed by atoms with van der Waals surface area (Å²) >= 11 is 1.28. The van der Waals surface area contributed by atoms with Crippen LogP contribution in [0.1, 0.15) is 37.0 Å². The van der Waals surface area contributed by atoms with Crippen LogP contribution in [0, 0.1) is 13.8 Å². The SMILES string of the molecule is Cc1ccc(-c2nc(C)c(C(=O)NCc3ccc(C(=O)NCC(N)=O)cc3)s2)o1. The molecule has 0 spiro atoms. The summed E-state index contributed by atoms with van der Waals surface area (Å²) in [5.41, 5.74) is 6.87. The Hall–Kier alpha value is -3.46. The smallest absolute Gasteiger partial charge is 0.263 e. The highest BCUT2D eigenvalue weighted by Crippen LogP contribution is 2.29. The Morgan fingerprint density at radius 2 is 1.76 bits per heavy atom. The fourth-order valence-corrected chi connectivity index (χ4v) is 3.51. The summed E-state index contributed by atoms with van der Waals surface area (Å²) in [7, 11) is 0. The maximum atomic E-state index is 12.5. The summed E-state index contributed by atoms with van der Waals surface area (Å²) in [6, 6.07) is 10.4. The van der Waals surface area contributed by atoms with Gasteiger partial charge in [-0.25, -0.2) is 4.98 Å². The van der Waals surface area contributed by atoms with Crippen molar-refractivity contribution in [1.29, 1.82) is 0 Å². The first-order valence-electron chi connectivity index (χ1n) is 8.81. The number of aromatic nitrogens is 1. The molecule has 0 unspecified atom stereocenters. The Bertz CT molecular complexity index is 1050. The van der Waals surface area contributed by atoms with Gasteiger partial charge in [0.25, 0.3) is 11.8 Å². The summed E-state index contributed by atoms with van der Waals surface area (Å²) in [4.78, 5) is 40.1. The van der Waals surface area contributed by atoms with Gasteiger partial charge in [0, 0.05) is 12.1 Å². The molecule has 2 heterocycles. The summed E-state index contributed by atoms with van der Waals surface area (Å²) in [5, 5.41) is 5.93. The van der Waals surface area contributed by atoms with Crippen molar-refractivity contribution >= 4 is 29.1 Å². The maximum Gasteiger partial charge on any atom is 0.263 e. The van der Waals surface area contributed by atoms with E-state index in [2.05, 4.69) is 15.6 Å². The van der Waals surface area contributed by atoms with Crippen molar-refractivity contribution in [1.82, 2.24) is 15.6 Å². The maximum absolute atomic E-state index is 12.5. The van der Waals surface area contributed by atoms with Gasteiger partial charge < -0.3 is 20.8 Å². The number of nitrogens with one attached hydrogen (secondary N) is 2. The molecule has 0 fully saturated rings. The molecule has 0 saturated carbocycles. The van der Waals surface area contributed by atoms with Crippen molar-refractivity contribution in [2.75, 3.05) is 6.54 Å². The molecule has 3 rings (SSSR count). The molecule has 3 amide bonds. The van der Waals surface area contributed by atoms with E-state index in [-0.39, 0.29) is 18.4 Å². The monoisotopic (exact) mass is 412 g/mol. The molecule has 9 heteroatoms. The number of thiazole rings is 1. The van der Waals surface area contributed by atoms with Crippen molar-refractivity contribution in [3.63, 3.8) is 0 Å². The fourth-order valence-electron chi connectivity index (χ4n) is 2.57. The zero-order valence-corrected chi connectivity index (χ0v) is 16.8. The zero-order chi connectivity index (χ0) is 21.0. The molecule has 0 radical (unpaired) electrons. The minimum atomic E-state index is -0.610. The van der Waals surface area contributed by atoms with Gasteiger partial charge in [0.15, 0.2) is 10.8 Å². The third-order valence-electron chi connectivity index (χ3n) is 4.05. The lowest BCUT2D eigenvalue weighted by Crippen LogP contribution is -2.33. The van der Waals surface area contributed by atoms with Gasteiger partial charge in [0.1, 0.15) is 10.6 Å². The van der Waals surface area contributed by atoms with Gasteiger partial charge in [-0.15, -0.1) is 11.3 Å². The van der Waals surface area contributed by atoms with Gasteiger partial charge in [0.05, 0.1) is 12.2 Å². The minimum Gasteiger partial charge on any atom is -0.459 e. The number of benzene rings is 1. The Kier molecular flexibility index (Phi) is 6.08. The predicted molar refractivity (Wildman–Crippen MR) is 108 cm³/mol. The predicted octanol–water partition coefficient (Wildman–Crippen LogP) is 2.17. The third-order valence-corrected chi connectivity index (χ3v) is 5.22. The van der Waals surface area contributed by atoms with Crippen molar-refractivity contribution in [3.05, 3.63) is 63.9 Å². The van der Waals surface area contributed by atoms with Crippen LogP contribution in [0.3, 0.4) is 0 Å². The molecule has 3 aromatic rings. The van der Waals surface area contributed by atoms with Gasteiger partial charge in [0.2, 0.25) is 5.91 Å². The molecule has 4 N–H and O–H groups in total. The van der Waals surface area contributed by atoms with E-state index in [9.17, 15) is 14.4 Å². The molecule has 0 aliphatic heterocycles. The van der Waals surface area contributed by atoms with E-state index in [0.29, 0.717) is 33.4 Å². The molecule has 150 valence electrons. The number of carbonyl (C=O) groups excluding carboxylic acids is 3. The highest BCUT2D eigenvalue weighted by Gasteiger charge is 2.17. The second kappa shape index (κ2) is 8.70. The van der Waals surface area contributed by atoms with Gasteiger partial charge in [-0.05, 0) is 43.7 Å². The number of aryl methyl sites for hydroxylation is 2. The number of nitrogens with two attached hydrogens (primary N) is 1. The molecule has 29 heavy (non-hydrogen) atoms. The standard InChI is InChI=1S/C20H20N4O4S/c1-11-3-8-15(28-11)20-24-12(2)17(29-20)19(27)22-9-13-4-6-14(7-5-13)18(26)23-10-16(21)25/h3-8H,9-10H2,1-2H3,(H2,21,25)(H,22,27)(H,23,26). The van der Waals surface area contributed by atoms with Gasteiger partial charge in [-0.2, -0.15) is 0 Å². The molecule has 0 aliphatic rings. The molecule has 0 saturated heterocycles. The van der Waals surface area contributed by atoms with E-state index in [1.54, 1.807) is 31.2 Å². The van der Waals surface area contributed by atoms with Crippen LogP contribution in [0.25, 0.3) is 10.8 Å². The molecule has 0 bridgehead atoms. The Morgan fingerprint density at radius 3 is 2.38 bits per heavy atom. The lowest BCUT2D eigenvalue weighted by Gasteiger charge is -2.06. The normalized spacial score (nSPS) is 10.6. The highest BCUT2D eigenvalue weighted by atomic mass is 32.1. The second-order valence-corrected chi connectivity index (χ2v) is 7.37. The second-order valence-electron chi connectivity index (χ2n) is 6.37. The van der Waals surface area contributed by atoms with Crippen LogP contribution in [-0.2, 0) is 11.3 Å². The summed E-state index contributed by atoms with van der Waals surface area (Å²) in [6.07, 6.45) is 0. The molecule has 1 aromatic carbocycles. The number of furan rings is 1. The van der Waals surface area contributed by atoms with E-state index < -0.39 is 5.91 Å². The van der Waals surface area contributed by atoms with Gasteiger partial charge in [-0.3, -0.25) is 14.4 Å². The van der Waals surface area contributed by atoms with E-state index in [4.69, 9.17) is 10.2 Å². The van der Waals surface area contributed by atoms with Crippen LogP contribution in [0.5, 0.6) is 0 Å². The van der Waals surface area contributed by atoms with E-state index in [1.165, 1.54) is 11.3 Å². The van der Waals surface area contributed by atoms with E-state index in [0.717, 1.165) is 11.3 Å². The summed E-state index contributed by atoms with van der Waals surface area (Å²) < 4.78 is 5.57. The van der Waals surface area contributed by atoms with Crippen molar-refractivity contribution < 1.29 is 18.8 Å². The van der Waals surface area contributed by atoms with Gasteiger partial charge >= 0.3 is 0 Å². The number of nitrogens with zero attached hydrogens (tertiary/aromatic N) is 1. The lowest BCUT2D eigenvalue weighted by molar-refractivity contribution is -0.117. The number of carbonyl (C=O) groups is 3. The molecule has 8 nitrogen and oxygen atoms in total. The number of primary amides is 1. The first kappa shape index (κ1) is 20.3. The van der Waals surface area contributed by atoms with Crippen molar-refractivity contribution in [2.45, 2.75) is 20.4 Å². The molecule has 0 atom stereocenters. The lowest BCUT2D eigenvalue weighted by atomic mass is 10.1. The average Bonchev–Trinajstić information content (AvgIpc) is 3.30. The molecule has 0 aliphatic carbocycles. The van der Waals surface area contributed by atoms with Crippen LogP contribution in [-0.4, -0.2) is 29.3 Å². The van der Waals surface area contributed by atoms with Crippen molar-refractivity contribution in [3.8, 4) is 10.8 Å². The Balaban J connectivity index is 1.60. The Morgan fingerprint density at radius 1 is 1.03 bits per heavy atom. The average molecular weight is 412 g/mol. The molecular weight excluding hydrogens is 392 g/mol. The fraction of sp³-hybridized carbons (Fsp3) is 0.200. The van der Waals surface area contributed by atoms with Crippen molar-refractivity contribution in [2.24, 2.45) is 5.73 Å². The first-order chi connectivity index (χ1) is 13.8. The van der Waals surface area contributed by atoms with Gasteiger partial charge in [-0.1, -0.05) is 12.1 Å².